The van der Waals surface area contributed by atoms with Crippen LogP contribution < -0.4 is 5.32 Å². The van der Waals surface area contributed by atoms with Gasteiger partial charge in [-0.15, -0.1) is 0 Å². The number of imidazole rings is 1. The lowest BCUT2D eigenvalue weighted by Crippen LogP contribution is -2.28. The minimum Gasteiger partial charge on any atom is -0.469 e. The second kappa shape index (κ2) is 13.3. The molecule has 0 spiro atoms. The second-order valence-electron chi connectivity index (χ2n) is 9.66. The maximum absolute atomic E-state index is 13.5. The quantitative estimate of drug-likeness (QED) is 0.215. The monoisotopic (exact) mass is 546 g/mol. The predicted octanol–water partition coefficient (Wildman–Crippen LogP) is 6.18. The van der Waals surface area contributed by atoms with Crippen LogP contribution in [0.5, 0.6) is 0 Å². The van der Waals surface area contributed by atoms with Gasteiger partial charge in [0.2, 0.25) is 5.91 Å². The van der Waals surface area contributed by atoms with Crippen molar-refractivity contribution < 1.29 is 14.3 Å². The number of anilines is 1. The van der Waals surface area contributed by atoms with Crippen molar-refractivity contribution in [1.29, 1.82) is 0 Å². The number of ether oxygens (including phenoxy) is 1. The third-order valence-electron chi connectivity index (χ3n) is 6.86. The van der Waals surface area contributed by atoms with Gasteiger partial charge in [-0.25, -0.2) is 4.98 Å². The number of rotatable bonds is 12. The van der Waals surface area contributed by atoms with Crippen molar-refractivity contribution in [2.45, 2.75) is 58.5 Å². The molecule has 0 aliphatic rings. The number of methoxy groups -OCH3 is 1. The summed E-state index contributed by atoms with van der Waals surface area (Å²) in [7, 11) is 1.37. The van der Waals surface area contributed by atoms with E-state index >= 15 is 0 Å². The van der Waals surface area contributed by atoms with Crippen LogP contribution >= 0.6 is 11.6 Å². The van der Waals surface area contributed by atoms with Gasteiger partial charge in [-0.1, -0.05) is 67.4 Å². The van der Waals surface area contributed by atoms with Crippen LogP contribution in [0.4, 0.5) is 5.69 Å². The highest BCUT2D eigenvalue weighted by molar-refractivity contribution is 6.30. The molecule has 204 valence electrons. The molecule has 8 heteroatoms. The van der Waals surface area contributed by atoms with E-state index in [9.17, 15) is 9.59 Å². The van der Waals surface area contributed by atoms with Gasteiger partial charge in [0.1, 0.15) is 11.9 Å². The molecule has 2 aromatic heterocycles. The number of hydrogen-bond donors (Lipinski definition) is 1. The highest BCUT2D eigenvalue weighted by Crippen LogP contribution is 2.24. The Labute approximate surface area is 234 Å². The summed E-state index contributed by atoms with van der Waals surface area (Å²) in [5.41, 5.74) is 4.51. The molecule has 39 heavy (non-hydrogen) atoms. The van der Waals surface area contributed by atoms with Crippen LogP contribution in [-0.4, -0.2) is 33.1 Å². The van der Waals surface area contributed by atoms with Gasteiger partial charge in [0, 0.05) is 37.0 Å². The number of carbonyl (C=O) groups excluding carboxylic acids is 2. The standard InChI is InChI=1S/C31H35ClN4O3/c1-4-5-13-28-34-30(32)26(20-29(37)39-3)36(28)21-24-14-16-25(17-15-24)33-31(38)27(35-18-9-10-22(35)2)19-23-11-7-6-8-12-23/h6-12,14-18,27H,4-5,13,19-21H2,1-3H3,(H,33,38)/t27-/m0/s1. The number of benzene rings is 2. The van der Waals surface area contributed by atoms with Gasteiger partial charge in [-0.05, 0) is 48.7 Å². The Hall–Kier alpha value is -3.84. The number of amides is 1. The summed E-state index contributed by atoms with van der Waals surface area (Å²) in [4.78, 5) is 30.0. The first-order valence-electron chi connectivity index (χ1n) is 13.3. The average Bonchev–Trinajstić information content (AvgIpc) is 3.49. The first-order chi connectivity index (χ1) is 18.9. The van der Waals surface area contributed by atoms with Crippen molar-refractivity contribution in [3.05, 3.63) is 106 Å². The molecule has 7 nitrogen and oxygen atoms in total. The zero-order chi connectivity index (χ0) is 27.8. The molecule has 1 N–H and O–H groups in total. The van der Waals surface area contributed by atoms with Crippen molar-refractivity contribution in [1.82, 2.24) is 14.1 Å². The lowest BCUT2D eigenvalue weighted by Gasteiger charge is -2.21. The number of esters is 1. The molecule has 0 aliphatic heterocycles. The van der Waals surface area contributed by atoms with Gasteiger partial charge >= 0.3 is 5.97 Å². The highest BCUT2D eigenvalue weighted by atomic mass is 35.5. The molecule has 0 saturated heterocycles. The summed E-state index contributed by atoms with van der Waals surface area (Å²) >= 11 is 6.43. The number of halogens is 1. The van der Waals surface area contributed by atoms with E-state index in [1.165, 1.54) is 7.11 Å². The minimum absolute atomic E-state index is 0.0597. The highest BCUT2D eigenvalue weighted by Gasteiger charge is 2.22. The van der Waals surface area contributed by atoms with Crippen LogP contribution in [0, 0.1) is 6.92 Å². The third-order valence-corrected chi connectivity index (χ3v) is 7.16. The Morgan fingerprint density at radius 3 is 2.41 bits per heavy atom. The van der Waals surface area contributed by atoms with E-state index in [4.69, 9.17) is 16.3 Å². The van der Waals surface area contributed by atoms with Crippen molar-refractivity contribution in [2.75, 3.05) is 12.4 Å². The Kier molecular flexibility index (Phi) is 9.60. The Balaban J connectivity index is 1.52. The largest absolute Gasteiger partial charge is 0.469 e. The van der Waals surface area contributed by atoms with Crippen LogP contribution in [-0.2, 0) is 40.1 Å². The van der Waals surface area contributed by atoms with E-state index in [1.807, 2.05) is 89.0 Å². The molecule has 0 bridgehead atoms. The number of aromatic nitrogens is 3. The number of unbranched alkanes of at least 4 members (excludes halogenated alkanes) is 1. The molecule has 0 radical (unpaired) electrons. The number of carbonyl (C=O) groups is 2. The fraction of sp³-hybridized carbons (Fsp3) is 0.323. The van der Waals surface area contributed by atoms with E-state index in [0.717, 1.165) is 47.6 Å². The molecule has 4 rings (SSSR count). The van der Waals surface area contributed by atoms with Crippen molar-refractivity contribution in [2.24, 2.45) is 0 Å². The van der Waals surface area contributed by atoms with Gasteiger partial charge in [0.05, 0.1) is 19.2 Å². The topological polar surface area (TPSA) is 78.2 Å². The minimum atomic E-state index is -0.378. The number of aryl methyl sites for hydroxylation is 2. The van der Waals surface area contributed by atoms with Crippen LogP contribution in [0.25, 0.3) is 0 Å². The van der Waals surface area contributed by atoms with Crippen LogP contribution in [0.15, 0.2) is 72.9 Å². The zero-order valence-corrected chi connectivity index (χ0v) is 23.4. The van der Waals surface area contributed by atoms with E-state index < -0.39 is 0 Å². The van der Waals surface area contributed by atoms with Crippen LogP contribution in [0.2, 0.25) is 5.15 Å². The summed E-state index contributed by atoms with van der Waals surface area (Å²) < 4.78 is 8.89. The average molecular weight is 547 g/mol. The first kappa shape index (κ1) is 28.2. The predicted molar refractivity (Wildman–Crippen MR) is 154 cm³/mol. The van der Waals surface area contributed by atoms with Gasteiger partial charge in [0.25, 0.3) is 0 Å². The third kappa shape index (κ3) is 7.18. The lowest BCUT2D eigenvalue weighted by atomic mass is 10.0. The van der Waals surface area contributed by atoms with E-state index in [0.29, 0.717) is 23.8 Å². The number of nitrogens with zero attached hydrogens (tertiary/aromatic N) is 3. The van der Waals surface area contributed by atoms with Gasteiger partial charge in [0.15, 0.2) is 5.15 Å². The maximum atomic E-state index is 13.5. The Morgan fingerprint density at radius 2 is 1.77 bits per heavy atom. The molecule has 0 fully saturated rings. The summed E-state index contributed by atoms with van der Waals surface area (Å²) in [5, 5.41) is 3.43. The summed E-state index contributed by atoms with van der Waals surface area (Å²) in [6.07, 6.45) is 5.37. The van der Waals surface area contributed by atoms with E-state index in [-0.39, 0.29) is 24.3 Å². The zero-order valence-electron chi connectivity index (χ0n) is 22.7. The fourth-order valence-corrected chi connectivity index (χ4v) is 4.95. The molecule has 2 aromatic carbocycles. The molecule has 0 saturated carbocycles. The first-order valence-corrected chi connectivity index (χ1v) is 13.6. The lowest BCUT2D eigenvalue weighted by molar-refractivity contribution is -0.139. The maximum Gasteiger partial charge on any atom is 0.311 e. The molecule has 1 atom stereocenters. The van der Waals surface area contributed by atoms with Crippen LogP contribution in [0.1, 0.15) is 54.1 Å². The Bertz CT molecular complexity index is 1390. The second-order valence-corrected chi connectivity index (χ2v) is 10.0. The van der Waals surface area contributed by atoms with E-state index in [1.54, 1.807) is 0 Å². The summed E-state index contributed by atoms with van der Waals surface area (Å²) in [6.45, 7) is 4.64. The fourth-order valence-electron chi connectivity index (χ4n) is 4.68. The van der Waals surface area contributed by atoms with E-state index in [2.05, 4.69) is 17.2 Å². The normalized spacial score (nSPS) is 11.8. The smallest absolute Gasteiger partial charge is 0.311 e. The van der Waals surface area contributed by atoms with Crippen molar-refractivity contribution in [3.63, 3.8) is 0 Å². The SMILES string of the molecule is CCCCc1nc(Cl)c(CC(=O)OC)n1Cc1ccc(NC(=O)[C@H](Cc2ccccc2)n2cccc2C)cc1. The molecular formula is C31H35ClN4O3. The van der Waals surface area contributed by atoms with Gasteiger partial charge < -0.3 is 19.2 Å². The molecule has 0 aliphatic carbocycles. The summed E-state index contributed by atoms with van der Waals surface area (Å²) in [6, 6.07) is 21.4. The molecule has 0 unspecified atom stereocenters. The summed E-state index contributed by atoms with van der Waals surface area (Å²) in [5.74, 6) is 0.416. The number of nitrogens with one attached hydrogen (secondary N) is 1. The van der Waals surface area contributed by atoms with Crippen molar-refractivity contribution >= 4 is 29.2 Å². The molecule has 2 heterocycles. The van der Waals surface area contributed by atoms with Crippen LogP contribution in [0.3, 0.4) is 0 Å². The molecule has 1 amide bonds. The number of hydrogen-bond acceptors (Lipinski definition) is 4. The van der Waals surface area contributed by atoms with Gasteiger partial charge in [-0.2, -0.15) is 0 Å². The van der Waals surface area contributed by atoms with Crippen molar-refractivity contribution in [3.8, 4) is 0 Å². The molecule has 4 aromatic rings. The van der Waals surface area contributed by atoms with Gasteiger partial charge in [-0.3, -0.25) is 9.59 Å². The molecular weight excluding hydrogens is 512 g/mol. The Morgan fingerprint density at radius 1 is 1.03 bits per heavy atom.